The van der Waals surface area contributed by atoms with E-state index < -0.39 is 17.1 Å². The average molecular weight is 281 g/mol. The molecule has 0 saturated carbocycles. The van der Waals surface area contributed by atoms with E-state index in [0.717, 1.165) is 36.6 Å². The molecule has 1 N–H and O–H groups in total. The molecule has 0 aliphatic carbocycles. The van der Waals surface area contributed by atoms with E-state index >= 15 is 0 Å². The molecule has 1 saturated heterocycles. The van der Waals surface area contributed by atoms with Crippen molar-refractivity contribution in [1.29, 1.82) is 0 Å². The minimum absolute atomic E-state index is 0.0195. The Kier molecular flexibility index (Phi) is 3.14. The lowest BCUT2D eigenvalue weighted by atomic mass is 10.1. The third-order valence-corrected chi connectivity index (χ3v) is 4.35. The summed E-state index contributed by atoms with van der Waals surface area (Å²) in [5.74, 6) is 1.36. The molecule has 0 spiro atoms. The van der Waals surface area contributed by atoms with E-state index in [9.17, 15) is 14.0 Å². The maximum Gasteiger partial charge on any atom is 0.330 e. The van der Waals surface area contributed by atoms with Crippen LogP contribution in [-0.4, -0.2) is 26.0 Å². The van der Waals surface area contributed by atoms with E-state index in [2.05, 4.69) is 9.97 Å². The third kappa shape index (κ3) is 2.18. The number of H-pyrrole nitrogens is 1. The van der Waals surface area contributed by atoms with Gasteiger partial charge in [0.05, 0.1) is 11.6 Å². The van der Waals surface area contributed by atoms with Crippen molar-refractivity contribution in [3.8, 4) is 0 Å². The van der Waals surface area contributed by atoms with Crippen molar-refractivity contribution in [2.45, 2.75) is 18.9 Å². The average Bonchev–Trinajstić information content (AvgIpc) is 2.41. The van der Waals surface area contributed by atoms with Crippen molar-refractivity contribution in [2.24, 2.45) is 0 Å². The standard InChI is InChI=1S/C12H12FN3O2S/c13-7-5-9-10(14-6-7)16(12(18)15-11(9)17)8-1-3-19-4-2-8/h5-6,8H,1-4H2,(H,15,17,18). The maximum atomic E-state index is 13.2. The van der Waals surface area contributed by atoms with Crippen molar-refractivity contribution < 1.29 is 4.39 Å². The quantitative estimate of drug-likeness (QED) is 0.855. The summed E-state index contributed by atoms with van der Waals surface area (Å²) in [5.41, 5.74) is -0.783. The van der Waals surface area contributed by atoms with Gasteiger partial charge in [-0.3, -0.25) is 14.3 Å². The highest BCUT2D eigenvalue weighted by Gasteiger charge is 2.20. The Morgan fingerprint density at radius 2 is 2.11 bits per heavy atom. The number of hydrogen-bond donors (Lipinski definition) is 1. The number of nitrogens with one attached hydrogen (secondary N) is 1. The second kappa shape index (κ2) is 4.80. The summed E-state index contributed by atoms with van der Waals surface area (Å²) in [6.07, 6.45) is 2.74. The van der Waals surface area contributed by atoms with Gasteiger partial charge in [0.1, 0.15) is 11.5 Å². The fraction of sp³-hybridized carbons (Fsp3) is 0.417. The van der Waals surface area contributed by atoms with E-state index in [1.165, 1.54) is 4.57 Å². The third-order valence-electron chi connectivity index (χ3n) is 3.30. The molecule has 7 heteroatoms. The Labute approximate surface area is 111 Å². The fourth-order valence-electron chi connectivity index (χ4n) is 2.39. The molecule has 3 heterocycles. The van der Waals surface area contributed by atoms with Crippen LogP contribution in [0, 0.1) is 5.82 Å². The molecule has 0 unspecified atom stereocenters. The lowest BCUT2D eigenvalue weighted by Crippen LogP contribution is -2.34. The molecule has 2 aromatic heterocycles. The van der Waals surface area contributed by atoms with Gasteiger partial charge in [-0.1, -0.05) is 0 Å². The number of nitrogens with zero attached hydrogens (tertiary/aromatic N) is 2. The Balaban J connectivity index is 2.28. The van der Waals surface area contributed by atoms with E-state index in [1.54, 1.807) is 0 Å². The Bertz CT molecular complexity index is 734. The summed E-state index contributed by atoms with van der Waals surface area (Å²) in [6.45, 7) is 0. The van der Waals surface area contributed by atoms with Crippen molar-refractivity contribution in [1.82, 2.24) is 14.5 Å². The van der Waals surface area contributed by atoms with Gasteiger partial charge in [0.15, 0.2) is 0 Å². The van der Waals surface area contributed by atoms with Crippen LogP contribution in [-0.2, 0) is 0 Å². The first-order valence-electron chi connectivity index (χ1n) is 6.04. The summed E-state index contributed by atoms with van der Waals surface area (Å²) >= 11 is 1.84. The first-order valence-corrected chi connectivity index (χ1v) is 7.20. The van der Waals surface area contributed by atoms with Gasteiger partial charge >= 0.3 is 5.69 Å². The molecule has 0 amide bonds. The summed E-state index contributed by atoms with van der Waals surface area (Å²) in [5, 5.41) is 0.123. The molecular weight excluding hydrogens is 269 g/mol. The first kappa shape index (κ1) is 12.4. The van der Waals surface area contributed by atoms with E-state index in [1.807, 2.05) is 11.8 Å². The van der Waals surface area contributed by atoms with Crippen LogP contribution in [0.15, 0.2) is 21.9 Å². The molecule has 1 fully saturated rings. The molecule has 3 rings (SSSR count). The topological polar surface area (TPSA) is 67.8 Å². The van der Waals surface area contributed by atoms with E-state index in [-0.39, 0.29) is 17.1 Å². The second-order valence-corrected chi connectivity index (χ2v) is 5.72. The molecule has 0 atom stereocenters. The molecule has 0 bridgehead atoms. The molecular formula is C12H12FN3O2S. The van der Waals surface area contributed by atoms with Crippen LogP contribution >= 0.6 is 11.8 Å². The minimum Gasteiger partial charge on any atom is -0.274 e. The largest absolute Gasteiger partial charge is 0.330 e. The number of thioether (sulfide) groups is 1. The van der Waals surface area contributed by atoms with Crippen LogP contribution in [0.25, 0.3) is 11.0 Å². The van der Waals surface area contributed by atoms with Crippen LogP contribution in [0.3, 0.4) is 0 Å². The zero-order chi connectivity index (χ0) is 13.4. The number of aromatic amines is 1. The summed E-state index contributed by atoms with van der Waals surface area (Å²) in [4.78, 5) is 29.9. The molecule has 100 valence electrons. The highest BCUT2D eigenvalue weighted by molar-refractivity contribution is 7.99. The lowest BCUT2D eigenvalue weighted by molar-refractivity contribution is 0.459. The molecule has 0 radical (unpaired) electrons. The summed E-state index contributed by atoms with van der Waals surface area (Å²) < 4.78 is 14.7. The number of halogens is 1. The van der Waals surface area contributed by atoms with Gasteiger partial charge < -0.3 is 0 Å². The maximum absolute atomic E-state index is 13.2. The monoisotopic (exact) mass is 281 g/mol. The predicted molar refractivity (Wildman–Crippen MR) is 72.2 cm³/mol. The highest BCUT2D eigenvalue weighted by atomic mass is 32.2. The number of hydrogen-bond acceptors (Lipinski definition) is 4. The van der Waals surface area contributed by atoms with Gasteiger partial charge in [0.2, 0.25) is 0 Å². The molecule has 2 aromatic rings. The van der Waals surface area contributed by atoms with Gasteiger partial charge in [0.25, 0.3) is 5.56 Å². The minimum atomic E-state index is -0.589. The van der Waals surface area contributed by atoms with Crippen LogP contribution < -0.4 is 11.2 Å². The molecule has 19 heavy (non-hydrogen) atoms. The van der Waals surface area contributed by atoms with Crippen LogP contribution in [0.5, 0.6) is 0 Å². The van der Waals surface area contributed by atoms with Gasteiger partial charge in [0, 0.05) is 6.04 Å². The van der Waals surface area contributed by atoms with Crippen LogP contribution in [0.4, 0.5) is 4.39 Å². The number of rotatable bonds is 1. The highest BCUT2D eigenvalue weighted by Crippen LogP contribution is 2.27. The fourth-order valence-corrected chi connectivity index (χ4v) is 3.48. The van der Waals surface area contributed by atoms with Gasteiger partial charge in [-0.2, -0.15) is 11.8 Å². The van der Waals surface area contributed by atoms with E-state index in [0.29, 0.717) is 0 Å². The second-order valence-electron chi connectivity index (χ2n) is 4.50. The Hall–Kier alpha value is -1.63. The van der Waals surface area contributed by atoms with Crippen LogP contribution in [0.1, 0.15) is 18.9 Å². The molecule has 0 aromatic carbocycles. The smallest absolute Gasteiger partial charge is 0.274 e. The van der Waals surface area contributed by atoms with Crippen molar-refractivity contribution in [3.63, 3.8) is 0 Å². The van der Waals surface area contributed by atoms with Crippen LogP contribution in [0.2, 0.25) is 0 Å². The van der Waals surface area contributed by atoms with Gasteiger partial charge in [-0.05, 0) is 30.4 Å². The zero-order valence-electron chi connectivity index (χ0n) is 10.1. The predicted octanol–water partition coefficient (Wildman–Crippen LogP) is 1.29. The zero-order valence-corrected chi connectivity index (χ0v) is 10.9. The van der Waals surface area contributed by atoms with Gasteiger partial charge in [-0.25, -0.2) is 14.2 Å². The van der Waals surface area contributed by atoms with E-state index in [4.69, 9.17) is 0 Å². The molecule has 1 aliphatic rings. The first-order chi connectivity index (χ1) is 9.16. The summed E-state index contributed by atoms with van der Waals surface area (Å²) in [7, 11) is 0. The van der Waals surface area contributed by atoms with Crippen molar-refractivity contribution in [3.05, 3.63) is 38.9 Å². The number of fused-ring (bicyclic) bond motifs is 1. The SMILES string of the molecule is O=c1[nH]c(=O)n(C2CCSCC2)c2ncc(F)cc12. The Morgan fingerprint density at radius 1 is 1.37 bits per heavy atom. The number of pyridine rings is 1. The summed E-state index contributed by atoms with van der Waals surface area (Å²) in [6, 6.07) is 1.14. The number of aromatic nitrogens is 3. The normalized spacial score (nSPS) is 16.9. The van der Waals surface area contributed by atoms with Gasteiger partial charge in [-0.15, -0.1) is 0 Å². The van der Waals surface area contributed by atoms with Crippen molar-refractivity contribution in [2.75, 3.05) is 11.5 Å². The molecule has 5 nitrogen and oxygen atoms in total. The lowest BCUT2D eigenvalue weighted by Gasteiger charge is -2.24. The molecule has 1 aliphatic heterocycles. The van der Waals surface area contributed by atoms with Crippen molar-refractivity contribution >= 4 is 22.8 Å². The Morgan fingerprint density at radius 3 is 2.84 bits per heavy atom.